The van der Waals surface area contributed by atoms with E-state index in [2.05, 4.69) is 34.3 Å². The smallest absolute Gasteiger partial charge is 0.308 e. The van der Waals surface area contributed by atoms with Crippen molar-refractivity contribution in [1.29, 1.82) is 0 Å². The van der Waals surface area contributed by atoms with Crippen LogP contribution in [0.25, 0.3) is 0 Å². The van der Waals surface area contributed by atoms with Gasteiger partial charge in [-0.15, -0.1) is 24.0 Å². The monoisotopic (exact) mass is 517 g/mol. The van der Waals surface area contributed by atoms with Gasteiger partial charge in [0.25, 0.3) is 0 Å². The van der Waals surface area contributed by atoms with Crippen LogP contribution in [0.5, 0.6) is 11.5 Å². The molecule has 0 amide bonds. The van der Waals surface area contributed by atoms with Crippen LogP contribution >= 0.6 is 24.0 Å². The third-order valence-corrected chi connectivity index (χ3v) is 5.36. The summed E-state index contributed by atoms with van der Waals surface area (Å²) in [6.07, 6.45) is 2.68. The predicted molar refractivity (Wildman–Crippen MR) is 123 cm³/mol. The normalized spacial score (nSPS) is 19.1. The highest BCUT2D eigenvalue weighted by molar-refractivity contribution is 14.0. The Morgan fingerprint density at radius 1 is 1.34 bits per heavy atom. The number of aliphatic imine (C=N–C) groups is 1. The van der Waals surface area contributed by atoms with Gasteiger partial charge in [0, 0.05) is 44.2 Å². The van der Waals surface area contributed by atoms with E-state index in [0.29, 0.717) is 13.2 Å². The van der Waals surface area contributed by atoms with Crippen LogP contribution in [0.4, 0.5) is 0 Å². The maximum Gasteiger partial charge on any atom is 0.308 e. The molecule has 162 valence electrons. The first kappa shape index (κ1) is 23.6. The van der Waals surface area contributed by atoms with Crippen LogP contribution in [0.2, 0.25) is 0 Å². The van der Waals surface area contributed by atoms with E-state index in [4.69, 9.17) is 14.2 Å². The third-order valence-electron chi connectivity index (χ3n) is 5.36. The van der Waals surface area contributed by atoms with E-state index in [9.17, 15) is 4.79 Å². The Balaban J connectivity index is 0.00000300. The average Bonchev–Trinajstić information content (AvgIpc) is 3.07. The van der Waals surface area contributed by atoms with Crippen LogP contribution in [0.3, 0.4) is 0 Å². The molecule has 1 fully saturated rings. The predicted octanol–water partition coefficient (Wildman–Crippen LogP) is 2.99. The van der Waals surface area contributed by atoms with Crippen LogP contribution in [-0.4, -0.2) is 56.8 Å². The van der Waals surface area contributed by atoms with Gasteiger partial charge in [-0.2, -0.15) is 0 Å². The second-order valence-corrected chi connectivity index (χ2v) is 7.32. The SMILES string of the molecule is CCOc1cc2c(cc1CNC(=NC)N1CCC(C(=O)OC)CC1)OC(C)C2.I. The number of fused-ring (bicyclic) bond motifs is 1. The molecule has 0 spiro atoms. The minimum atomic E-state index is -0.115. The van der Waals surface area contributed by atoms with Crippen LogP contribution < -0.4 is 14.8 Å². The first-order valence-corrected chi connectivity index (χ1v) is 10.0. The van der Waals surface area contributed by atoms with E-state index < -0.39 is 0 Å². The zero-order valence-electron chi connectivity index (χ0n) is 17.7. The summed E-state index contributed by atoms with van der Waals surface area (Å²) < 4.78 is 16.6. The number of piperidine rings is 1. The van der Waals surface area contributed by atoms with Gasteiger partial charge in [0.2, 0.25) is 0 Å². The zero-order chi connectivity index (χ0) is 20.1. The van der Waals surface area contributed by atoms with Crippen molar-refractivity contribution in [3.05, 3.63) is 23.3 Å². The van der Waals surface area contributed by atoms with Crippen molar-refractivity contribution in [3.8, 4) is 11.5 Å². The van der Waals surface area contributed by atoms with E-state index in [-0.39, 0.29) is 42.0 Å². The molecule has 2 aliphatic heterocycles. The van der Waals surface area contributed by atoms with Crippen molar-refractivity contribution in [2.24, 2.45) is 10.9 Å². The molecule has 0 saturated carbocycles. The van der Waals surface area contributed by atoms with Crippen molar-refractivity contribution < 1.29 is 19.0 Å². The fourth-order valence-corrected chi connectivity index (χ4v) is 3.91. The van der Waals surface area contributed by atoms with Crippen molar-refractivity contribution in [2.45, 2.75) is 45.8 Å². The minimum Gasteiger partial charge on any atom is -0.494 e. The van der Waals surface area contributed by atoms with E-state index in [1.54, 1.807) is 7.05 Å². The molecule has 1 unspecified atom stereocenters. The summed E-state index contributed by atoms with van der Waals surface area (Å²) in [6.45, 7) is 6.86. The summed E-state index contributed by atoms with van der Waals surface area (Å²) in [5.41, 5.74) is 2.26. The molecule has 1 atom stereocenters. The number of nitrogens with zero attached hydrogens (tertiary/aromatic N) is 2. The Morgan fingerprint density at radius 2 is 2.07 bits per heavy atom. The number of hydrogen-bond acceptors (Lipinski definition) is 5. The lowest BCUT2D eigenvalue weighted by Crippen LogP contribution is -2.46. The maximum atomic E-state index is 11.7. The first-order chi connectivity index (χ1) is 13.5. The van der Waals surface area contributed by atoms with Gasteiger partial charge >= 0.3 is 5.97 Å². The molecular weight excluding hydrogens is 485 g/mol. The number of likely N-dealkylation sites (tertiary alicyclic amines) is 1. The molecule has 7 nitrogen and oxygen atoms in total. The van der Waals surface area contributed by atoms with Gasteiger partial charge in [-0.25, -0.2) is 0 Å². The lowest BCUT2D eigenvalue weighted by Gasteiger charge is -2.33. The molecule has 8 heteroatoms. The quantitative estimate of drug-likeness (QED) is 0.280. The Bertz CT molecular complexity index is 733. The van der Waals surface area contributed by atoms with Crippen molar-refractivity contribution in [3.63, 3.8) is 0 Å². The number of methoxy groups -OCH3 is 1. The van der Waals surface area contributed by atoms with Gasteiger partial charge < -0.3 is 24.4 Å². The minimum absolute atomic E-state index is 0. The largest absolute Gasteiger partial charge is 0.494 e. The summed E-state index contributed by atoms with van der Waals surface area (Å²) in [5.74, 6) is 2.55. The highest BCUT2D eigenvalue weighted by Crippen LogP contribution is 2.35. The highest BCUT2D eigenvalue weighted by atomic mass is 127. The Hall–Kier alpha value is -1.71. The fourth-order valence-electron chi connectivity index (χ4n) is 3.91. The summed E-state index contributed by atoms with van der Waals surface area (Å²) in [7, 11) is 3.23. The van der Waals surface area contributed by atoms with Gasteiger partial charge in [-0.1, -0.05) is 0 Å². The van der Waals surface area contributed by atoms with Gasteiger partial charge in [-0.3, -0.25) is 9.79 Å². The van der Waals surface area contributed by atoms with Crippen molar-refractivity contribution in [1.82, 2.24) is 10.2 Å². The molecule has 0 aromatic heterocycles. The molecule has 3 rings (SSSR count). The summed E-state index contributed by atoms with van der Waals surface area (Å²) in [5, 5.41) is 3.44. The molecular formula is C21H32IN3O4. The second-order valence-electron chi connectivity index (χ2n) is 7.32. The number of ether oxygens (including phenoxy) is 3. The number of rotatable bonds is 5. The number of halogens is 1. The molecule has 0 bridgehead atoms. The molecule has 0 aliphatic carbocycles. The zero-order valence-corrected chi connectivity index (χ0v) is 20.0. The van der Waals surface area contributed by atoms with Crippen molar-refractivity contribution >= 4 is 35.9 Å². The van der Waals surface area contributed by atoms with Crippen LogP contribution in [0.15, 0.2) is 17.1 Å². The molecule has 1 aromatic carbocycles. The molecule has 2 heterocycles. The van der Waals surface area contributed by atoms with Gasteiger partial charge in [0.05, 0.1) is 19.6 Å². The number of guanidine groups is 1. The molecule has 0 radical (unpaired) electrons. The second kappa shape index (κ2) is 10.9. The molecule has 2 aliphatic rings. The summed E-state index contributed by atoms with van der Waals surface area (Å²) in [4.78, 5) is 18.3. The van der Waals surface area contributed by atoms with Crippen LogP contribution in [-0.2, 0) is 22.5 Å². The van der Waals surface area contributed by atoms with Gasteiger partial charge in [0.1, 0.15) is 17.6 Å². The fraction of sp³-hybridized carbons (Fsp3) is 0.619. The standard InChI is InChI=1S/C21H31N3O4.HI/c1-5-27-18-11-16-10-14(2)28-19(16)12-17(18)13-23-21(22-3)24-8-6-15(7-9-24)20(25)26-4;/h11-12,14-15H,5-10,13H2,1-4H3,(H,22,23);1H. The number of nitrogens with one attached hydrogen (secondary N) is 1. The maximum absolute atomic E-state index is 11.7. The Morgan fingerprint density at radius 3 is 2.69 bits per heavy atom. The Labute approximate surface area is 190 Å². The number of benzene rings is 1. The van der Waals surface area contributed by atoms with E-state index in [0.717, 1.165) is 55.4 Å². The molecule has 1 saturated heterocycles. The third kappa shape index (κ3) is 5.67. The van der Waals surface area contributed by atoms with Crippen LogP contribution in [0, 0.1) is 5.92 Å². The summed E-state index contributed by atoms with van der Waals surface area (Å²) >= 11 is 0. The number of carbonyl (C=O) groups excluding carboxylic acids is 1. The first-order valence-electron chi connectivity index (χ1n) is 10.0. The summed E-state index contributed by atoms with van der Waals surface area (Å²) in [6, 6.07) is 4.18. The topological polar surface area (TPSA) is 72.4 Å². The van der Waals surface area contributed by atoms with Crippen molar-refractivity contribution in [2.75, 3.05) is 33.9 Å². The van der Waals surface area contributed by atoms with E-state index in [1.165, 1.54) is 12.7 Å². The van der Waals surface area contributed by atoms with E-state index in [1.807, 2.05) is 6.92 Å². The lowest BCUT2D eigenvalue weighted by molar-refractivity contribution is -0.146. The molecule has 1 N–H and O–H groups in total. The van der Waals surface area contributed by atoms with Crippen LogP contribution in [0.1, 0.15) is 37.8 Å². The Kier molecular flexibility index (Phi) is 8.85. The number of hydrogen-bond donors (Lipinski definition) is 1. The lowest BCUT2D eigenvalue weighted by atomic mass is 9.97. The number of carbonyl (C=O) groups is 1. The molecule has 29 heavy (non-hydrogen) atoms. The molecule has 1 aromatic rings. The number of esters is 1. The van der Waals surface area contributed by atoms with E-state index >= 15 is 0 Å². The average molecular weight is 517 g/mol. The van der Waals surface area contributed by atoms with Gasteiger partial charge in [-0.05, 0) is 38.8 Å². The van der Waals surface area contributed by atoms with Gasteiger partial charge in [0.15, 0.2) is 5.96 Å². The highest BCUT2D eigenvalue weighted by Gasteiger charge is 2.27.